The van der Waals surface area contributed by atoms with E-state index in [9.17, 15) is 18.0 Å². The molecule has 8 nitrogen and oxygen atoms in total. The van der Waals surface area contributed by atoms with Crippen molar-refractivity contribution in [2.24, 2.45) is 0 Å². The molecule has 1 aliphatic heterocycles. The van der Waals surface area contributed by atoms with Crippen LogP contribution in [0.2, 0.25) is 0 Å². The molecule has 1 aromatic carbocycles. The molecule has 9 heteroatoms. The molecule has 29 heavy (non-hydrogen) atoms. The summed E-state index contributed by atoms with van der Waals surface area (Å²) in [7, 11) is -2.34. The highest BCUT2D eigenvalue weighted by Crippen LogP contribution is 2.33. The Morgan fingerprint density at radius 2 is 1.72 bits per heavy atom. The molecule has 0 spiro atoms. The Morgan fingerprint density at radius 3 is 2.31 bits per heavy atom. The number of methoxy groups -OCH3 is 1. The van der Waals surface area contributed by atoms with Crippen LogP contribution in [0.25, 0.3) is 0 Å². The first kappa shape index (κ1) is 21.7. The van der Waals surface area contributed by atoms with Crippen molar-refractivity contribution in [2.75, 3.05) is 39.8 Å². The van der Waals surface area contributed by atoms with E-state index in [0.29, 0.717) is 37.0 Å². The summed E-state index contributed by atoms with van der Waals surface area (Å²) in [6.45, 7) is 1.81. The first-order valence-corrected chi connectivity index (χ1v) is 11.7. The maximum atomic E-state index is 13.0. The summed E-state index contributed by atoms with van der Waals surface area (Å²) in [5.74, 6) is 0.116. The third-order valence-electron chi connectivity index (χ3n) is 5.86. The summed E-state index contributed by atoms with van der Waals surface area (Å²) in [5.41, 5.74) is 1.23. The molecule has 1 aromatic rings. The molecule has 0 bridgehead atoms. The number of piperazine rings is 1. The van der Waals surface area contributed by atoms with Crippen molar-refractivity contribution in [1.29, 1.82) is 0 Å². The van der Waals surface area contributed by atoms with Gasteiger partial charge in [0, 0.05) is 0 Å². The van der Waals surface area contributed by atoms with E-state index in [0.717, 1.165) is 4.90 Å². The smallest absolute Gasteiger partial charge is 0.413 e. The van der Waals surface area contributed by atoms with Crippen molar-refractivity contribution >= 4 is 22.0 Å². The Labute approximate surface area is 172 Å². The van der Waals surface area contributed by atoms with Gasteiger partial charge in [-0.3, -0.25) is 10.1 Å². The largest absolute Gasteiger partial charge is 0.453 e. The Hall–Kier alpha value is -1.97. The monoisotopic (exact) mass is 424 g/mol. The Morgan fingerprint density at radius 1 is 1.10 bits per heavy atom. The van der Waals surface area contributed by atoms with Crippen molar-refractivity contribution in [3.8, 4) is 0 Å². The van der Waals surface area contributed by atoms with Crippen LogP contribution in [0, 0.1) is 0 Å². The zero-order valence-electron chi connectivity index (χ0n) is 16.9. The van der Waals surface area contributed by atoms with Crippen molar-refractivity contribution in [3.63, 3.8) is 0 Å². The van der Waals surface area contributed by atoms with Gasteiger partial charge in [0.15, 0.2) is 6.54 Å². The van der Waals surface area contributed by atoms with Crippen molar-refractivity contribution < 1.29 is 27.6 Å². The molecule has 2 aliphatic rings. The van der Waals surface area contributed by atoms with Crippen molar-refractivity contribution in [3.05, 3.63) is 29.8 Å². The van der Waals surface area contributed by atoms with Gasteiger partial charge in [-0.05, 0) is 36.5 Å². The number of rotatable bonds is 5. The third kappa shape index (κ3) is 5.55. The number of sulfonamides is 1. The minimum absolute atomic E-state index is 0.110. The lowest BCUT2D eigenvalue weighted by molar-refractivity contribution is -0.895. The number of ether oxygens (including phenoxy) is 1. The molecule has 1 saturated heterocycles. The summed E-state index contributed by atoms with van der Waals surface area (Å²) in [5, 5.41) is 2.12. The average Bonchev–Trinajstić information content (AvgIpc) is 2.74. The fourth-order valence-electron chi connectivity index (χ4n) is 4.15. The van der Waals surface area contributed by atoms with Gasteiger partial charge >= 0.3 is 6.09 Å². The van der Waals surface area contributed by atoms with Gasteiger partial charge < -0.3 is 9.64 Å². The van der Waals surface area contributed by atoms with Gasteiger partial charge in [0.05, 0.1) is 38.2 Å². The molecule has 2 amide bonds. The summed E-state index contributed by atoms with van der Waals surface area (Å²) >= 11 is 0. The number of hydrogen-bond acceptors (Lipinski definition) is 5. The molecule has 2 fully saturated rings. The van der Waals surface area contributed by atoms with Gasteiger partial charge in [-0.2, -0.15) is 4.31 Å². The second-order valence-electron chi connectivity index (χ2n) is 7.77. The van der Waals surface area contributed by atoms with E-state index >= 15 is 0 Å². The summed E-state index contributed by atoms with van der Waals surface area (Å²) in [4.78, 5) is 24.1. The van der Waals surface area contributed by atoms with Crippen molar-refractivity contribution in [2.45, 2.75) is 42.9 Å². The molecule has 2 N–H and O–H groups in total. The number of alkyl carbamates (subject to hydrolysis) is 1. The van der Waals surface area contributed by atoms with Crippen LogP contribution in [-0.4, -0.2) is 64.6 Å². The number of nitrogens with zero attached hydrogens (tertiary/aromatic N) is 1. The van der Waals surface area contributed by atoms with Crippen LogP contribution in [0.4, 0.5) is 4.79 Å². The predicted octanol–water partition coefficient (Wildman–Crippen LogP) is 0.506. The number of benzene rings is 1. The highest BCUT2D eigenvalue weighted by molar-refractivity contribution is 7.89. The van der Waals surface area contributed by atoms with Gasteiger partial charge in [0.2, 0.25) is 10.0 Å². The molecule has 0 aromatic heterocycles. The SMILES string of the molecule is COC(=O)NC(=O)C[NH+]1CCN(S(=O)(=O)c2ccc(C3CCCCC3)cc2)CC1. The summed E-state index contributed by atoms with van der Waals surface area (Å²) in [6, 6.07) is 7.37. The zero-order chi connectivity index (χ0) is 20.9. The first-order chi connectivity index (χ1) is 13.9. The number of amides is 2. The normalized spacial score (nSPS) is 19.6. The van der Waals surface area contributed by atoms with Gasteiger partial charge in [0.1, 0.15) is 0 Å². The van der Waals surface area contributed by atoms with Gasteiger partial charge in [-0.15, -0.1) is 0 Å². The van der Waals surface area contributed by atoms with Crippen LogP contribution in [-0.2, 0) is 19.6 Å². The Bertz CT molecular complexity index is 811. The molecule has 160 valence electrons. The highest BCUT2D eigenvalue weighted by Gasteiger charge is 2.31. The Balaban J connectivity index is 1.55. The maximum absolute atomic E-state index is 13.0. The molecule has 0 unspecified atom stereocenters. The third-order valence-corrected chi connectivity index (χ3v) is 7.77. The van der Waals surface area contributed by atoms with Crippen LogP contribution in [0.15, 0.2) is 29.2 Å². The van der Waals surface area contributed by atoms with E-state index in [-0.39, 0.29) is 6.54 Å². The zero-order valence-corrected chi connectivity index (χ0v) is 17.7. The van der Waals surface area contributed by atoms with Crippen LogP contribution in [0.3, 0.4) is 0 Å². The molecule has 1 aliphatic carbocycles. The molecule has 1 heterocycles. The molecule has 0 radical (unpaired) electrons. The van der Waals surface area contributed by atoms with Crippen LogP contribution in [0.1, 0.15) is 43.6 Å². The highest BCUT2D eigenvalue weighted by atomic mass is 32.2. The predicted molar refractivity (Wildman–Crippen MR) is 107 cm³/mol. The summed E-state index contributed by atoms with van der Waals surface area (Å²) < 4.78 is 31.8. The van der Waals surface area contributed by atoms with Crippen molar-refractivity contribution in [1.82, 2.24) is 9.62 Å². The molecule has 3 rings (SSSR count). The Kier molecular flexibility index (Phi) is 7.26. The number of hydrogen-bond donors (Lipinski definition) is 2. The van der Waals surface area contributed by atoms with E-state index in [2.05, 4.69) is 10.1 Å². The van der Waals surface area contributed by atoms with E-state index in [4.69, 9.17) is 0 Å². The number of carbonyl (C=O) groups excluding carboxylic acids is 2. The van der Waals surface area contributed by atoms with Gasteiger partial charge in [-0.1, -0.05) is 31.4 Å². The van der Waals surface area contributed by atoms with Gasteiger partial charge in [0.25, 0.3) is 5.91 Å². The van der Waals surface area contributed by atoms with Crippen LogP contribution >= 0.6 is 0 Å². The van der Waals surface area contributed by atoms with Gasteiger partial charge in [-0.25, -0.2) is 13.2 Å². The second-order valence-corrected chi connectivity index (χ2v) is 9.71. The van der Waals surface area contributed by atoms with E-state index in [1.807, 2.05) is 12.1 Å². The number of carbonyl (C=O) groups is 2. The lowest BCUT2D eigenvalue weighted by Crippen LogP contribution is -3.15. The lowest BCUT2D eigenvalue weighted by Gasteiger charge is -2.31. The minimum Gasteiger partial charge on any atom is -0.453 e. The van der Waals surface area contributed by atoms with E-state index in [1.54, 1.807) is 12.1 Å². The van der Waals surface area contributed by atoms with E-state index in [1.165, 1.54) is 49.1 Å². The number of quaternary nitrogens is 1. The number of imide groups is 1. The van der Waals surface area contributed by atoms with E-state index < -0.39 is 22.0 Å². The second kappa shape index (κ2) is 9.69. The molecule has 1 saturated carbocycles. The lowest BCUT2D eigenvalue weighted by atomic mass is 9.84. The topological polar surface area (TPSA) is 97.2 Å². The fraction of sp³-hybridized carbons (Fsp3) is 0.600. The first-order valence-electron chi connectivity index (χ1n) is 10.2. The van der Waals surface area contributed by atoms with Crippen LogP contribution < -0.4 is 10.2 Å². The standard InChI is InChI=1S/C20H29N3O5S/c1-28-20(25)21-19(24)15-22-11-13-23(14-12-22)29(26,27)18-9-7-17(8-10-18)16-5-3-2-4-6-16/h7-10,16H,2-6,11-15H2,1H3,(H,21,24,25)/p+1. The maximum Gasteiger partial charge on any atom is 0.413 e. The van der Waals surface area contributed by atoms with Crippen LogP contribution in [0.5, 0.6) is 0 Å². The average molecular weight is 425 g/mol. The number of nitrogens with one attached hydrogen (secondary N) is 2. The quantitative estimate of drug-likeness (QED) is 0.718. The summed E-state index contributed by atoms with van der Waals surface area (Å²) in [6.07, 6.45) is 5.36. The fourth-order valence-corrected chi connectivity index (χ4v) is 5.59. The molecular weight excluding hydrogens is 394 g/mol. The molecule has 0 atom stereocenters. The minimum atomic E-state index is -3.54. The molecular formula is C20H30N3O5S+.